The van der Waals surface area contributed by atoms with Crippen molar-refractivity contribution in [1.82, 2.24) is 24.5 Å². The topological polar surface area (TPSA) is 99.4 Å². The second-order valence-electron chi connectivity index (χ2n) is 6.50. The fourth-order valence-electron chi connectivity index (χ4n) is 3.23. The Kier molecular flexibility index (Phi) is 5.95. The van der Waals surface area contributed by atoms with Crippen LogP contribution in [0.2, 0.25) is 0 Å². The minimum atomic E-state index is -3.71. The van der Waals surface area contributed by atoms with Gasteiger partial charge in [-0.2, -0.15) is 8.99 Å². The zero-order valence-corrected chi connectivity index (χ0v) is 16.6. The van der Waals surface area contributed by atoms with Crippen LogP contribution in [0, 0.1) is 5.92 Å². The standard InChI is InChI=1S/C17H25N5O4S/c1-4-25-15-10-17(27(23,24)21-8-6-7-13(3)11-21)16(26-5-2)9-14(15)22-12-18-19-20-22/h9-10,12-13H,4-8,11H2,1-3H3/t13-/m0/s1. The number of rotatable bonds is 7. The van der Waals surface area contributed by atoms with Crippen molar-refractivity contribution in [1.29, 1.82) is 0 Å². The normalized spacial score (nSPS) is 18.4. The molecule has 3 rings (SSSR count). The summed E-state index contributed by atoms with van der Waals surface area (Å²) < 4.78 is 41.0. The number of sulfonamides is 1. The van der Waals surface area contributed by atoms with E-state index in [2.05, 4.69) is 22.4 Å². The van der Waals surface area contributed by atoms with Gasteiger partial charge in [0, 0.05) is 25.2 Å². The Bertz CT molecular complexity index is 870. The van der Waals surface area contributed by atoms with Gasteiger partial charge < -0.3 is 9.47 Å². The number of benzene rings is 1. The highest BCUT2D eigenvalue weighted by Gasteiger charge is 2.32. The van der Waals surface area contributed by atoms with Gasteiger partial charge in [0.05, 0.1) is 13.2 Å². The number of aromatic nitrogens is 4. The molecule has 0 unspecified atom stereocenters. The van der Waals surface area contributed by atoms with Crippen molar-refractivity contribution < 1.29 is 17.9 Å². The predicted molar refractivity (Wildman–Crippen MR) is 98.6 cm³/mol. The second kappa shape index (κ2) is 8.22. The van der Waals surface area contributed by atoms with Crippen LogP contribution in [0.1, 0.15) is 33.6 Å². The average Bonchev–Trinajstić information content (AvgIpc) is 3.17. The molecule has 27 heavy (non-hydrogen) atoms. The van der Waals surface area contributed by atoms with E-state index in [1.54, 1.807) is 6.07 Å². The lowest BCUT2D eigenvalue weighted by atomic mass is 10.0. The maximum Gasteiger partial charge on any atom is 0.246 e. The fraction of sp³-hybridized carbons (Fsp3) is 0.588. The lowest BCUT2D eigenvalue weighted by Crippen LogP contribution is -2.39. The minimum absolute atomic E-state index is 0.110. The molecule has 1 aromatic heterocycles. The lowest BCUT2D eigenvalue weighted by Gasteiger charge is -2.30. The summed E-state index contributed by atoms with van der Waals surface area (Å²) in [5.41, 5.74) is 0.524. The summed E-state index contributed by atoms with van der Waals surface area (Å²) in [4.78, 5) is 0.110. The van der Waals surface area contributed by atoms with Gasteiger partial charge in [-0.15, -0.1) is 5.10 Å². The van der Waals surface area contributed by atoms with Crippen molar-refractivity contribution in [3.63, 3.8) is 0 Å². The average molecular weight is 395 g/mol. The molecule has 1 atom stereocenters. The first-order valence-corrected chi connectivity index (χ1v) is 10.6. The molecule has 2 aromatic rings. The third-order valence-corrected chi connectivity index (χ3v) is 6.34. The molecular formula is C17H25N5O4S. The fourth-order valence-corrected chi connectivity index (χ4v) is 4.95. The zero-order valence-electron chi connectivity index (χ0n) is 15.8. The van der Waals surface area contributed by atoms with Crippen LogP contribution in [-0.2, 0) is 10.0 Å². The third-order valence-electron chi connectivity index (χ3n) is 4.46. The predicted octanol–water partition coefficient (Wildman–Crippen LogP) is 1.88. The summed E-state index contributed by atoms with van der Waals surface area (Å²) in [6, 6.07) is 3.13. The van der Waals surface area contributed by atoms with E-state index in [0.717, 1.165) is 12.8 Å². The van der Waals surface area contributed by atoms with Crippen molar-refractivity contribution in [2.45, 2.75) is 38.5 Å². The van der Waals surface area contributed by atoms with Crippen molar-refractivity contribution in [3.05, 3.63) is 18.5 Å². The Morgan fingerprint density at radius 3 is 2.56 bits per heavy atom. The number of hydrogen-bond acceptors (Lipinski definition) is 7. The highest BCUT2D eigenvalue weighted by atomic mass is 32.2. The maximum atomic E-state index is 13.3. The SMILES string of the molecule is CCOc1cc(S(=O)(=O)N2CCC[C@H](C)C2)c(OCC)cc1-n1cnnn1. The number of nitrogens with zero attached hydrogens (tertiary/aromatic N) is 5. The molecule has 0 radical (unpaired) electrons. The van der Waals surface area contributed by atoms with Gasteiger partial charge in [-0.3, -0.25) is 0 Å². The Hall–Kier alpha value is -2.20. The van der Waals surface area contributed by atoms with E-state index >= 15 is 0 Å². The monoisotopic (exact) mass is 395 g/mol. The van der Waals surface area contributed by atoms with Gasteiger partial charge >= 0.3 is 0 Å². The van der Waals surface area contributed by atoms with Gasteiger partial charge in [-0.1, -0.05) is 6.92 Å². The maximum absolute atomic E-state index is 13.3. The van der Waals surface area contributed by atoms with E-state index in [4.69, 9.17) is 9.47 Å². The van der Waals surface area contributed by atoms with Crippen molar-refractivity contribution in [2.75, 3.05) is 26.3 Å². The Balaban J connectivity index is 2.11. The first kappa shape index (κ1) is 19.6. The van der Waals surface area contributed by atoms with Crippen LogP contribution in [0.3, 0.4) is 0 Å². The van der Waals surface area contributed by atoms with Crippen LogP contribution < -0.4 is 9.47 Å². The van der Waals surface area contributed by atoms with E-state index in [0.29, 0.717) is 43.7 Å². The molecule has 148 valence electrons. The van der Waals surface area contributed by atoms with E-state index in [1.807, 2.05) is 13.8 Å². The van der Waals surface area contributed by atoms with Gasteiger partial charge in [0.2, 0.25) is 10.0 Å². The Labute approximate surface area is 159 Å². The Morgan fingerprint density at radius 1 is 1.19 bits per heavy atom. The van der Waals surface area contributed by atoms with Crippen LogP contribution in [0.5, 0.6) is 11.5 Å². The van der Waals surface area contributed by atoms with Gasteiger partial charge in [0.1, 0.15) is 28.4 Å². The van der Waals surface area contributed by atoms with Gasteiger partial charge in [0.25, 0.3) is 0 Å². The smallest absolute Gasteiger partial charge is 0.246 e. The van der Waals surface area contributed by atoms with Crippen LogP contribution in [0.15, 0.2) is 23.4 Å². The first-order valence-electron chi connectivity index (χ1n) is 9.14. The molecule has 1 saturated heterocycles. The van der Waals surface area contributed by atoms with E-state index in [1.165, 1.54) is 21.4 Å². The molecule has 10 heteroatoms. The number of piperidine rings is 1. The zero-order chi connectivity index (χ0) is 19.4. The summed E-state index contributed by atoms with van der Waals surface area (Å²) in [6.07, 6.45) is 3.31. The second-order valence-corrected chi connectivity index (χ2v) is 8.40. The molecule has 1 fully saturated rings. The number of ether oxygens (including phenoxy) is 2. The molecule has 0 saturated carbocycles. The van der Waals surface area contributed by atoms with Crippen molar-refractivity contribution in [3.8, 4) is 17.2 Å². The Morgan fingerprint density at radius 2 is 1.93 bits per heavy atom. The van der Waals surface area contributed by atoms with Crippen molar-refractivity contribution in [2.24, 2.45) is 5.92 Å². The summed E-state index contributed by atoms with van der Waals surface area (Å²) in [5, 5.41) is 11.2. The van der Waals surface area contributed by atoms with Crippen LogP contribution in [0.4, 0.5) is 0 Å². The van der Waals surface area contributed by atoms with Crippen LogP contribution in [0.25, 0.3) is 5.69 Å². The molecule has 0 spiro atoms. The minimum Gasteiger partial charge on any atom is -0.492 e. The molecule has 1 aliphatic rings. The van der Waals surface area contributed by atoms with Gasteiger partial charge in [-0.25, -0.2) is 8.42 Å². The molecule has 9 nitrogen and oxygen atoms in total. The van der Waals surface area contributed by atoms with Crippen LogP contribution in [-0.4, -0.2) is 59.2 Å². The molecular weight excluding hydrogens is 370 g/mol. The van der Waals surface area contributed by atoms with E-state index in [-0.39, 0.29) is 10.6 Å². The summed E-state index contributed by atoms with van der Waals surface area (Å²) in [5.74, 6) is 0.984. The van der Waals surface area contributed by atoms with Gasteiger partial charge in [0.15, 0.2) is 0 Å². The van der Waals surface area contributed by atoms with Crippen LogP contribution >= 0.6 is 0 Å². The highest BCUT2D eigenvalue weighted by Crippen LogP contribution is 2.37. The quantitative estimate of drug-likeness (QED) is 0.706. The van der Waals surface area contributed by atoms with E-state index in [9.17, 15) is 8.42 Å². The van der Waals surface area contributed by atoms with E-state index < -0.39 is 10.0 Å². The van der Waals surface area contributed by atoms with Gasteiger partial charge in [-0.05, 0) is 43.0 Å². The molecule has 1 aromatic carbocycles. The molecule has 0 aliphatic carbocycles. The summed E-state index contributed by atoms with van der Waals surface area (Å²) in [7, 11) is -3.71. The number of hydrogen-bond donors (Lipinski definition) is 0. The molecule has 0 amide bonds. The molecule has 1 aliphatic heterocycles. The number of tetrazole rings is 1. The first-order chi connectivity index (χ1) is 13.0. The third kappa shape index (κ3) is 4.06. The highest BCUT2D eigenvalue weighted by molar-refractivity contribution is 7.89. The lowest BCUT2D eigenvalue weighted by molar-refractivity contribution is 0.278. The summed E-state index contributed by atoms with van der Waals surface area (Å²) >= 11 is 0. The summed E-state index contributed by atoms with van der Waals surface area (Å²) in [6.45, 7) is 7.44. The molecule has 0 N–H and O–H groups in total. The largest absolute Gasteiger partial charge is 0.492 e. The van der Waals surface area contributed by atoms with Crippen molar-refractivity contribution >= 4 is 10.0 Å². The molecule has 0 bridgehead atoms. The molecule has 2 heterocycles.